The van der Waals surface area contributed by atoms with Crippen molar-refractivity contribution in [3.63, 3.8) is 0 Å². The molecule has 5 rings (SSSR count). The molecule has 0 saturated carbocycles. The van der Waals surface area contributed by atoms with Gasteiger partial charge in [-0.25, -0.2) is 9.78 Å². The van der Waals surface area contributed by atoms with Crippen molar-refractivity contribution in [1.29, 1.82) is 0 Å². The van der Waals surface area contributed by atoms with Crippen LogP contribution in [0.1, 0.15) is 5.56 Å². The predicted octanol–water partition coefficient (Wildman–Crippen LogP) is 3.79. The van der Waals surface area contributed by atoms with Gasteiger partial charge >= 0.3 is 5.63 Å². The molecule has 4 aromatic rings. The number of aromatic nitrogens is 2. The average molecular weight is 440 g/mol. The fraction of sp³-hybridized carbons (Fsp3) is 0.238. The number of halogens is 1. The number of anilines is 1. The molecule has 7 heteroatoms. The molecule has 0 radical (unpaired) electrons. The van der Waals surface area contributed by atoms with Gasteiger partial charge in [0.1, 0.15) is 11.1 Å². The van der Waals surface area contributed by atoms with Crippen LogP contribution >= 0.6 is 15.9 Å². The Morgan fingerprint density at radius 1 is 1.04 bits per heavy atom. The van der Waals surface area contributed by atoms with E-state index in [0.717, 1.165) is 34.5 Å². The van der Waals surface area contributed by atoms with Gasteiger partial charge in [-0.05, 0) is 29.8 Å². The van der Waals surface area contributed by atoms with Gasteiger partial charge < -0.3 is 14.1 Å². The maximum absolute atomic E-state index is 12.9. The molecule has 1 fully saturated rings. The molecule has 0 aliphatic carbocycles. The molecular weight excluding hydrogens is 422 g/mol. The van der Waals surface area contributed by atoms with E-state index in [4.69, 9.17) is 14.1 Å². The summed E-state index contributed by atoms with van der Waals surface area (Å²) in [5.74, 6) is 0.782. The highest BCUT2D eigenvalue weighted by atomic mass is 79.9. The molecule has 0 amide bonds. The Kier molecular flexibility index (Phi) is 4.41. The Morgan fingerprint density at radius 2 is 1.79 bits per heavy atom. The van der Waals surface area contributed by atoms with Crippen LogP contribution in [0, 0.1) is 0 Å². The molecule has 3 heterocycles. The third kappa shape index (κ3) is 3.00. The Labute approximate surface area is 169 Å². The van der Waals surface area contributed by atoms with E-state index in [9.17, 15) is 4.79 Å². The quantitative estimate of drug-likeness (QED) is 0.454. The number of rotatable bonds is 3. The van der Waals surface area contributed by atoms with Gasteiger partial charge in [0, 0.05) is 22.9 Å². The monoisotopic (exact) mass is 439 g/mol. The van der Waals surface area contributed by atoms with Crippen LogP contribution in [-0.2, 0) is 11.3 Å². The smallest absolute Gasteiger partial charge is 0.362 e. The molecule has 0 spiro atoms. The van der Waals surface area contributed by atoms with Gasteiger partial charge in [0.2, 0.25) is 5.95 Å². The minimum atomic E-state index is -0.363. The van der Waals surface area contributed by atoms with Gasteiger partial charge in [0.25, 0.3) is 0 Å². The maximum Gasteiger partial charge on any atom is 0.362 e. The van der Waals surface area contributed by atoms with Gasteiger partial charge in [-0.2, -0.15) is 0 Å². The average Bonchev–Trinajstić information content (AvgIpc) is 3.11. The van der Waals surface area contributed by atoms with Crippen LogP contribution in [0.15, 0.2) is 62.2 Å². The zero-order valence-electron chi connectivity index (χ0n) is 15.1. The third-order valence-corrected chi connectivity index (χ3v) is 5.56. The molecule has 1 aliphatic rings. The molecule has 1 aliphatic heterocycles. The van der Waals surface area contributed by atoms with Crippen LogP contribution in [-0.4, -0.2) is 35.9 Å². The normalized spacial score (nSPS) is 14.8. The summed E-state index contributed by atoms with van der Waals surface area (Å²) >= 11 is 3.47. The second-order valence-electron chi connectivity index (χ2n) is 6.81. The van der Waals surface area contributed by atoms with Crippen LogP contribution in [0.2, 0.25) is 0 Å². The fourth-order valence-electron chi connectivity index (χ4n) is 3.66. The van der Waals surface area contributed by atoms with Crippen molar-refractivity contribution in [3.05, 3.63) is 69.0 Å². The molecule has 0 bridgehead atoms. The number of fused-ring (bicyclic) bond motifs is 3. The topological polar surface area (TPSA) is 60.5 Å². The van der Waals surface area contributed by atoms with E-state index >= 15 is 0 Å². The van der Waals surface area contributed by atoms with Crippen LogP contribution < -0.4 is 10.5 Å². The van der Waals surface area contributed by atoms with Crippen LogP contribution in [0.3, 0.4) is 0 Å². The second kappa shape index (κ2) is 7.07. The highest BCUT2D eigenvalue weighted by Crippen LogP contribution is 2.28. The van der Waals surface area contributed by atoms with Gasteiger partial charge in [0.05, 0.1) is 19.8 Å². The molecule has 28 heavy (non-hydrogen) atoms. The molecule has 6 nitrogen and oxygen atoms in total. The summed E-state index contributed by atoms with van der Waals surface area (Å²) in [7, 11) is 0. The van der Waals surface area contributed by atoms with Crippen molar-refractivity contribution in [2.45, 2.75) is 6.54 Å². The fourth-order valence-corrected chi connectivity index (χ4v) is 3.93. The Hall–Kier alpha value is -2.64. The highest BCUT2D eigenvalue weighted by Gasteiger charge is 2.23. The number of nitrogens with zero attached hydrogens (tertiary/aromatic N) is 3. The minimum absolute atomic E-state index is 0.363. The molecule has 142 valence electrons. The summed E-state index contributed by atoms with van der Waals surface area (Å²) in [5, 5.41) is 0.848. The SMILES string of the molecule is O=c1oc2ccccc2c2nc(N3CCOCC3)n(Cc3ccc(Br)cc3)c12. The Balaban J connectivity index is 1.75. The molecule has 2 aromatic carbocycles. The summed E-state index contributed by atoms with van der Waals surface area (Å²) in [5.41, 5.74) is 2.47. The van der Waals surface area contributed by atoms with Gasteiger partial charge in [-0.1, -0.05) is 40.2 Å². The highest BCUT2D eigenvalue weighted by molar-refractivity contribution is 9.10. The van der Waals surface area contributed by atoms with Crippen molar-refractivity contribution < 1.29 is 9.15 Å². The summed E-state index contributed by atoms with van der Waals surface area (Å²) in [4.78, 5) is 20.0. The zero-order chi connectivity index (χ0) is 19.1. The summed E-state index contributed by atoms with van der Waals surface area (Å²) < 4.78 is 14.1. The van der Waals surface area contributed by atoms with Crippen molar-refractivity contribution in [1.82, 2.24) is 9.55 Å². The van der Waals surface area contributed by atoms with Gasteiger partial charge in [-0.3, -0.25) is 4.57 Å². The van der Waals surface area contributed by atoms with E-state index in [1.807, 2.05) is 47.0 Å². The van der Waals surface area contributed by atoms with E-state index in [-0.39, 0.29) is 5.63 Å². The lowest BCUT2D eigenvalue weighted by molar-refractivity contribution is 0.121. The number of morpholine rings is 1. The first-order valence-electron chi connectivity index (χ1n) is 9.20. The van der Waals surface area contributed by atoms with Gasteiger partial charge in [0.15, 0.2) is 5.52 Å². The standard InChI is InChI=1S/C21H18BrN3O3/c22-15-7-5-14(6-8-15)13-25-19-18(23-21(25)24-9-11-27-12-10-24)16-3-1-2-4-17(16)28-20(19)26/h1-8H,9-13H2. The number of hydrogen-bond acceptors (Lipinski definition) is 5. The first-order valence-corrected chi connectivity index (χ1v) is 9.99. The van der Waals surface area contributed by atoms with E-state index in [1.165, 1.54) is 0 Å². The number of imidazole rings is 1. The first-order chi connectivity index (χ1) is 13.7. The van der Waals surface area contributed by atoms with E-state index in [1.54, 1.807) is 6.07 Å². The Morgan fingerprint density at radius 3 is 2.57 bits per heavy atom. The zero-order valence-corrected chi connectivity index (χ0v) is 16.7. The largest absolute Gasteiger partial charge is 0.421 e. The molecule has 0 atom stereocenters. The van der Waals surface area contributed by atoms with Crippen molar-refractivity contribution >= 4 is 43.9 Å². The molecule has 2 aromatic heterocycles. The molecule has 0 unspecified atom stereocenters. The van der Waals surface area contributed by atoms with Crippen LogP contribution in [0.5, 0.6) is 0 Å². The lowest BCUT2D eigenvalue weighted by Gasteiger charge is -2.28. The van der Waals surface area contributed by atoms with Crippen molar-refractivity contribution in [2.24, 2.45) is 0 Å². The summed E-state index contributed by atoms with van der Waals surface area (Å²) in [6, 6.07) is 15.6. The summed E-state index contributed by atoms with van der Waals surface area (Å²) in [6.07, 6.45) is 0. The first kappa shape index (κ1) is 17.5. The lowest BCUT2D eigenvalue weighted by atomic mass is 10.2. The number of ether oxygens (including phenoxy) is 1. The maximum atomic E-state index is 12.9. The van der Waals surface area contributed by atoms with E-state index < -0.39 is 0 Å². The minimum Gasteiger partial charge on any atom is -0.421 e. The number of hydrogen-bond donors (Lipinski definition) is 0. The Bertz CT molecular complexity index is 1210. The van der Waals surface area contributed by atoms with Crippen molar-refractivity contribution in [3.8, 4) is 0 Å². The second-order valence-corrected chi connectivity index (χ2v) is 7.72. The predicted molar refractivity (Wildman–Crippen MR) is 112 cm³/mol. The van der Waals surface area contributed by atoms with Gasteiger partial charge in [-0.15, -0.1) is 0 Å². The van der Waals surface area contributed by atoms with Crippen LogP contribution in [0.4, 0.5) is 5.95 Å². The lowest BCUT2D eigenvalue weighted by Crippen LogP contribution is -2.38. The van der Waals surface area contributed by atoms with Crippen molar-refractivity contribution in [2.75, 3.05) is 31.2 Å². The third-order valence-electron chi connectivity index (χ3n) is 5.03. The van der Waals surface area contributed by atoms with E-state index in [0.29, 0.717) is 36.4 Å². The number of para-hydroxylation sites is 1. The molecular formula is C21H18BrN3O3. The number of benzene rings is 2. The van der Waals surface area contributed by atoms with E-state index in [2.05, 4.69) is 20.8 Å². The molecule has 0 N–H and O–H groups in total. The van der Waals surface area contributed by atoms with Crippen LogP contribution in [0.25, 0.3) is 22.0 Å². The molecule has 1 saturated heterocycles. The summed E-state index contributed by atoms with van der Waals surface area (Å²) in [6.45, 7) is 3.33.